The highest BCUT2D eigenvalue weighted by atomic mass is 16.5. The molecule has 0 radical (unpaired) electrons. The van der Waals surface area contributed by atoms with Crippen molar-refractivity contribution in [1.29, 1.82) is 0 Å². The highest BCUT2D eigenvalue weighted by molar-refractivity contribution is 4.83. The van der Waals surface area contributed by atoms with Crippen molar-refractivity contribution in [2.24, 2.45) is 0 Å². The summed E-state index contributed by atoms with van der Waals surface area (Å²) in [6, 6.07) is 0. The molecule has 1 heterocycles. The van der Waals surface area contributed by atoms with Crippen molar-refractivity contribution < 1.29 is 5.06 Å². The summed E-state index contributed by atoms with van der Waals surface area (Å²) >= 11 is 0. The second-order valence-electron chi connectivity index (χ2n) is 4.60. The van der Waals surface area contributed by atoms with Crippen LogP contribution >= 0.6 is 0 Å². The Morgan fingerprint density at radius 3 is 1.40 bits per heavy atom. The average Bonchev–Trinajstić information content (AvgIpc) is 1.95. The van der Waals surface area contributed by atoms with E-state index >= 15 is 0 Å². The van der Waals surface area contributed by atoms with Crippen LogP contribution < -0.4 is 5.06 Å². The van der Waals surface area contributed by atoms with Gasteiger partial charge in [0.2, 0.25) is 0 Å². The maximum absolute atomic E-state index is 11.5. The van der Waals surface area contributed by atoms with Crippen molar-refractivity contribution >= 4 is 0 Å². The predicted molar refractivity (Wildman–Crippen MR) is 41.7 cm³/mol. The molecule has 0 bridgehead atoms. The molecular formula is C8H17NO. The fraction of sp³-hybridized carbons (Fsp3) is 1.00. The lowest BCUT2D eigenvalue weighted by Gasteiger charge is -2.40. The summed E-state index contributed by atoms with van der Waals surface area (Å²) in [4.78, 5) is 0. The van der Waals surface area contributed by atoms with E-state index in [0.717, 1.165) is 12.8 Å². The van der Waals surface area contributed by atoms with Crippen molar-refractivity contribution in [3.63, 3.8) is 0 Å². The summed E-state index contributed by atoms with van der Waals surface area (Å²) in [5.41, 5.74) is -0.104. The third-order valence-corrected chi connectivity index (χ3v) is 2.60. The van der Waals surface area contributed by atoms with Gasteiger partial charge in [0.15, 0.2) is 0 Å². The third-order valence-electron chi connectivity index (χ3n) is 2.60. The first-order valence-electron chi connectivity index (χ1n) is 3.91. The number of rotatable bonds is 0. The van der Waals surface area contributed by atoms with Crippen LogP contribution in [0.3, 0.4) is 0 Å². The Hall–Kier alpha value is -0.0800. The van der Waals surface area contributed by atoms with Gasteiger partial charge in [0, 0.05) is 12.8 Å². The molecule has 1 aliphatic rings. The van der Waals surface area contributed by atoms with Gasteiger partial charge in [0.25, 0.3) is 0 Å². The minimum atomic E-state index is -0.0521. The lowest BCUT2D eigenvalue weighted by molar-refractivity contribution is -0.932. The summed E-state index contributed by atoms with van der Waals surface area (Å²) in [6.45, 7) is 8.18. The topological polar surface area (TPSA) is 27.5 Å². The largest absolute Gasteiger partial charge is 0.634 e. The highest BCUT2D eigenvalue weighted by Crippen LogP contribution is 2.23. The standard InChI is InChI=1S/C8H17NO/c1-7(2)5-6-8(3,4)9(7)10/h9H,5-6H2,1-4H3. The molecule has 0 amide bonds. The van der Waals surface area contributed by atoms with Crippen molar-refractivity contribution in [2.45, 2.75) is 51.6 Å². The van der Waals surface area contributed by atoms with Gasteiger partial charge in [-0.05, 0) is 27.7 Å². The summed E-state index contributed by atoms with van der Waals surface area (Å²) in [5, 5.41) is 12.0. The molecule has 0 aromatic carbocycles. The van der Waals surface area contributed by atoms with Crippen LogP contribution in [0.25, 0.3) is 0 Å². The number of hydrogen-bond donors (Lipinski definition) is 1. The number of hydroxylamine groups is 2. The van der Waals surface area contributed by atoms with Crippen molar-refractivity contribution in [1.82, 2.24) is 0 Å². The average molecular weight is 143 g/mol. The highest BCUT2D eigenvalue weighted by Gasteiger charge is 2.43. The fourth-order valence-electron chi connectivity index (χ4n) is 1.77. The minimum absolute atomic E-state index is 0.0521. The molecule has 1 N–H and O–H groups in total. The number of hydrogen-bond acceptors (Lipinski definition) is 1. The van der Waals surface area contributed by atoms with E-state index in [2.05, 4.69) is 0 Å². The molecule has 0 aromatic rings. The second-order valence-corrected chi connectivity index (χ2v) is 4.60. The Kier molecular flexibility index (Phi) is 1.57. The van der Waals surface area contributed by atoms with Crippen molar-refractivity contribution in [3.05, 3.63) is 5.21 Å². The van der Waals surface area contributed by atoms with Gasteiger partial charge in [-0.3, -0.25) is 0 Å². The monoisotopic (exact) mass is 143 g/mol. The van der Waals surface area contributed by atoms with Crippen molar-refractivity contribution in [3.8, 4) is 0 Å². The molecule has 1 rings (SSSR count). The lowest BCUT2D eigenvalue weighted by atomic mass is 10.0. The van der Waals surface area contributed by atoms with Gasteiger partial charge in [-0.25, -0.2) is 0 Å². The Morgan fingerprint density at radius 2 is 1.30 bits per heavy atom. The molecule has 0 aromatic heterocycles. The van der Waals surface area contributed by atoms with Gasteiger partial charge in [-0.2, -0.15) is 0 Å². The van der Waals surface area contributed by atoms with E-state index in [-0.39, 0.29) is 11.1 Å². The Labute approximate surface area is 62.8 Å². The Morgan fingerprint density at radius 1 is 1.00 bits per heavy atom. The smallest absolute Gasteiger partial charge is 0.0923 e. The van der Waals surface area contributed by atoms with E-state index in [9.17, 15) is 5.21 Å². The molecule has 10 heavy (non-hydrogen) atoms. The first-order chi connectivity index (χ1) is 4.36. The molecule has 0 saturated carbocycles. The number of quaternary nitrogens is 1. The van der Waals surface area contributed by atoms with Gasteiger partial charge in [-0.1, -0.05) is 0 Å². The molecule has 0 spiro atoms. The fourth-order valence-corrected chi connectivity index (χ4v) is 1.77. The SMILES string of the molecule is CC1(C)CCC(C)(C)[NH+]1[O-]. The lowest BCUT2D eigenvalue weighted by Crippen LogP contribution is -3.19. The molecule has 0 atom stereocenters. The molecule has 1 aliphatic heterocycles. The Bertz CT molecular complexity index is 124. The summed E-state index contributed by atoms with van der Waals surface area (Å²) in [7, 11) is 0. The quantitative estimate of drug-likeness (QED) is 0.497. The molecule has 2 heteroatoms. The van der Waals surface area contributed by atoms with Gasteiger partial charge >= 0.3 is 0 Å². The van der Waals surface area contributed by atoms with Crippen LogP contribution in [0.2, 0.25) is 0 Å². The van der Waals surface area contributed by atoms with Crippen LogP contribution in [0, 0.1) is 5.21 Å². The first-order valence-corrected chi connectivity index (χ1v) is 3.91. The van der Waals surface area contributed by atoms with E-state index in [1.54, 1.807) is 0 Å². The van der Waals surface area contributed by atoms with E-state index in [0.29, 0.717) is 5.06 Å². The Balaban J connectivity index is 2.77. The normalized spacial score (nSPS) is 30.9. The van der Waals surface area contributed by atoms with E-state index in [1.165, 1.54) is 0 Å². The number of nitrogens with one attached hydrogen (secondary N) is 1. The molecular weight excluding hydrogens is 126 g/mol. The zero-order valence-electron chi connectivity index (χ0n) is 7.32. The van der Waals surface area contributed by atoms with Gasteiger partial charge in [0.05, 0.1) is 11.1 Å². The summed E-state index contributed by atoms with van der Waals surface area (Å²) < 4.78 is 0. The summed E-state index contributed by atoms with van der Waals surface area (Å²) in [6.07, 6.45) is 2.11. The van der Waals surface area contributed by atoms with Crippen LogP contribution in [0.5, 0.6) is 0 Å². The van der Waals surface area contributed by atoms with Crippen LogP contribution in [0.4, 0.5) is 0 Å². The van der Waals surface area contributed by atoms with Gasteiger partial charge in [-0.15, -0.1) is 0 Å². The summed E-state index contributed by atoms with van der Waals surface area (Å²) in [5.74, 6) is 0. The maximum atomic E-state index is 11.5. The van der Waals surface area contributed by atoms with E-state index in [4.69, 9.17) is 0 Å². The second kappa shape index (κ2) is 1.95. The van der Waals surface area contributed by atoms with Crippen molar-refractivity contribution in [2.75, 3.05) is 0 Å². The van der Waals surface area contributed by atoms with Gasteiger partial charge in [0.1, 0.15) is 0 Å². The van der Waals surface area contributed by atoms with E-state index in [1.807, 2.05) is 27.7 Å². The van der Waals surface area contributed by atoms with Crippen LogP contribution in [0.1, 0.15) is 40.5 Å². The zero-order chi connectivity index (χ0) is 7.99. The third kappa shape index (κ3) is 1.06. The minimum Gasteiger partial charge on any atom is -0.634 e. The molecule has 0 aliphatic carbocycles. The maximum Gasteiger partial charge on any atom is 0.0923 e. The van der Waals surface area contributed by atoms with Crippen LogP contribution in [-0.4, -0.2) is 11.1 Å². The predicted octanol–water partition coefficient (Wildman–Crippen LogP) is 0.720. The molecule has 2 nitrogen and oxygen atoms in total. The van der Waals surface area contributed by atoms with Crippen LogP contribution in [0.15, 0.2) is 0 Å². The zero-order valence-corrected chi connectivity index (χ0v) is 7.32. The van der Waals surface area contributed by atoms with E-state index < -0.39 is 0 Å². The van der Waals surface area contributed by atoms with Gasteiger partial charge < -0.3 is 10.3 Å². The molecule has 1 fully saturated rings. The molecule has 1 saturated heterocycles. The molecule has 0 unspecified atom stereocenters. The first kappa shape index (κ1) is 8.02. The van der Waals surface area contributed by atoms with Crippen LogP contribution in [-0.2, 0) is 0 Å². The molecule has 60 valence electrons.